The molecule has 1 saturated heterocycles. The molecule has 3 atom stereocenters. The standard InChI is InChI=1S/C15H29N3O/c1-12-5-4-6-14(13(12)2)16-11-15(19)18-9-7-17(3)8-10-18/h12-14,16H,4-11H2,1-3H3. The van der Waals surface area contributed by atoms with Gasteiger partial charge in [0.2, 0.25) is 5.91 Å². The Morgan fingerprint density at radius 2 is 1.84 bits per heavy atom. The van der Waals surface area contributed by atoms with Crippen molar-refractivity contribution in [1.29, 1.82) is 0 Å². The van der Waals surface area contributed by atoms with E-state index in [0.717, 1.165) is 32.1 Å². The van der Waals surface area contributed by atoms with Crippen molar-refractivity contribution in [3.05, 3.63) is 0 Å². The molecule has 4 nitrogen and oxygen atoms in total. The first-order chi connectivity index (χ1) is 9.08. The minimum Gasteiger partial charge on any atom is -0.339 e. The Hall–Kier alpha value is -0.610. The largest absolute Gasteiger partial charge is 0.339 e. The van der Waals surface area contributed by atoms with Crippen LogP contribution in [0.5, 0.6) is 0 Å². The maximum atomic E-state index is 12.2. The Labute approximate surface area is 117 Å². The zero-order valence-corrected chi connectivity index (χ0v) is 12.7. The number of hydrogen-bond acceptors (Lipinski definition) is 3. The number of carbonyl (C=O) groups excluding carboxylic acids is 1. The van der Waals surface area contributed by atoms with Gasteiger partial charge in [0.1, 0.15) is 0 Å². The van der Waals surface area contributed by atoms with E-state index in [-0.39, 0.29) is 5.91 Å². The lowest BCUT2D eigenvalue weighted by atomic mass is 9.78. The van der Waals surface area contributed by atoms with Crippen LogP contribution >= 0.6 is 0 Å². The summed E-state index contributed by atoms with van der Waals surface area (Å²) < 4.78 is 0. The van der Waals surface area contributed by atoms with E-state index >= 15 is 0 Å². The molecule has 2 rings (SSSR count). The van der Waals surface area contributed by atoms with Crippen LogP contribution in [0.3, 0.4) is 0 Å². The second-order valence-corrected chi connectivity index (χ2v) is 6.44. The molecule has 0 radical (unpaired) electrons. The maximum absolute atomic E-state index is 12.2. The average molecular weight is 267 g/mol. The number of nitrogens with one attached hydrogen (secondary N) is 1. The number of likely N-dealkylation sites (N-methyl/N-ethyl adjacent to an activating group) is 1. The summed E-state index contributed by atoms with van der Waals surface area (Å²) in [6, 6.07) is 0.528. The fourth-order valence-electron chi connectivity index (χ4n) is 3.26. The van der Waals surface area contributed by atoms with Crippen LogP contribution in [-0.4, -0.2) is 61.5 Å². The third kappa shape index (κ3) is 3.93. The number of hydrogen-bond donors (Lipinski definition) is 1. The molecular formula is C15H29N3O. The Balaban J connectivity index is 1.74. The van der Waals surface area contributed by atoms with Crippen LogP contribution in [0.25, 0.3) is 0 Å². The summed E-state index contributed by atoms with van der Waals surface area (Å²) in [7, 11) is 2.12. The quantitative estimate of drug-likeness (QED) is 0.834. The molecule has 1 aliphatic carbocycles. The molecule has 0 bridgehead atoms. The van der Waals surface area contributed by atoms with E-state index in [2.05, 4.69) is 31.1 Å². The van der Waals surface area contributed by atoms with Gasteiger partial charge in [0.25, 0.3) is 0 Å². The highest BCUT2D eigenvalue weighted by molar-refractivity contribution is 5.78. The van der Waals surface area contributed by atoms with Crippen molar-refractivity contribution < 1.29 is 4.79 Å². The van der Waals surface area contributed by atoms with Gasteiger partial charge in [0.05, 0.1) is 6.54 Å². The summed E-state index contributed by atoms with van der Waals surface area (Å²) in [5, 5.41) is 3.51. The highest BCUT2D eigenvalue weighted by Gasteiger charge is 2.27. The first-order valence-electron chi connectivity index (χ1n) is 7.77. The molecule has 19 heavy (non-hydrogen) atoms. The molecule has 1 amide bonds. The van der Waals surface area contributed by atoms with Gasteiger partial charge in [0, 0.05) is 32.2 Å². The van der Waals surface area contributed by atoms with Gasteiger partial charge >= 0.3 is 0 Å². The fourth-order valence-corrected chi connectivity index (χ4v) is 3.26. The van der Waals surface area contributed by atoms with Crippen LogP contribution < -0.4 is 5.32 Å². The van der Waals surface area contributed by atoms with Crippen LogP contribution in [0.2, 0.25) is 0 Å². The molecule has 0 aromatic heterocycles. The summed E-state index contributed by atoms with van der Waals surface area (Å²) in [6.45, 7) is 8.94. The van der Waals surface area contributed by atoms with E-state index in [0.29, 0.717) is 18.5 Å². The molecule has 0 aromatic rings. The van der Waals surface area contributed by atoms with Gasteiger partial charge in [0.15, 0.2) is 0 Å². The lowest BCUT2D eigenvalue weighted by molar-refractivity contribution is -0.132. The van der Waals surface area contributed by atoms with Gasteiger partial charge in [-0.15, -0.1) is 0 Å². The van der Waals surface area contributed by atoms with Crippen molar-refractivity contribution in [2.75, 3.05) is 39.8 Å². The maximum Gasteiger partial charge on any atom is 0.236 e. The summed E-state index contributed by atoms with van der Waals surface area (Å²) >= 11 is 0. The summed E-state index contributed by atoms with van der Waals surface area (Å²) in [4.78, 5) is 16.5. The molecule has 2 aliphatic rings. The molecule has 0 spiro atoms. The minimum atomic E-state index is 0.276. The molecule has 1 saturated carbocycles. The predicted molar refractivity (Wildman–Crippen MR) is 78.0 cm³/mol. The second kappa shape index (κ2) is 6.71. The molecular weight excluding hydrogens is 238 g/mol. The Morgan fingerprint density at radius 1 is 1.16 bits per heavy atom. The van der Waals surface area contributed by atoms with Crippen molar-refractivity contribution in [3.63, 3.8) is 0 Å². The van der Waals surface area contributed by atoms with Crippen molar-refractivity contribution >= 4 is 5.91 Å². The first-order valence-corrected chi connectivity index (χ1v) is 7.77. The lowest BCUT2D eigenvalue weighted by Crippen LogP contribution is -2.51. The van der Waals surface area contributed by atoms with Gasteiger partial charge in [-0.3, -0.25) is 4.79 Å². The van der Waals surface area contributed by atoms with Crippen LogP contribution in [-0.2, 0) is 4.79 Å². The predicted octanol–water partition coefficient (Wildman–Crippen LogP) is 1.17. The van der Waals surface area contributed by atoms with Gasteiger partial charge in [-0.1, -0.05) is 26.7 Å². The Morgan fingerprint density at radius 3 is 2.53 bits per heavy atom. The molecule has 110 valence electrons. The van der Waals surface area contributed by atoms with Crippen LogP contribution in [0.15, 0.2) is 0 Å². The monoisotopic (exact) mass is 267 g/mol. The van der Waals surface area contributed by atoms with Crippen molar-refractivity contribution in [1.82, 2.24) is 15.1 Å². The topological polar surface area (TPSA) is 35.6 Å². The SMILES string of the molecule is CC1CCCC(NCC(=O)N2CCN(C)CC2)C1C. The second-order valence-electron chi connectivity index (χ2n) is 6.44. The lowest BCUT2D eigenvalue weighted by Gasteiger charge is -2.36. The minimum absolute atomic E-state index is 0.276. The van der Waals surface area contributed by atoms with Gasteiger partial charge in [-0.05, 0) is 25.3 Å². The summed E-state index contributed by atoms with van der Waals surface area (Å²) in [6.07, 6.45) is 3.86. The van der Waals surface area contributed by atoms with E-state index in [9.17, 15) is 4.79 Å². The summed E-state index contributed by atoms with van der Waals surface area (Å²) in [5.74, 6) is 1.75. The molecule has 1 heterocycles. The van der Waals surface area contributed by atoms with Crippen LogP contribution in [0.1, 0.15) is 33.1 Å². The van der Waals surface area contributed by atoms with Crippen molar-refractivity contribution in [2.45, 2.75) is 39.2 Å². The number of rotatable bonds is 3. The van der Waals surface area contributed by atoms with E-state index < -0.39 is 0 Å². The zero-order valence-electron chi connectivity index (χ0n) is 12.7. The molecule has 1 N–H and O–H groups in total. The zero-order chi connectivity index (χ0) is 13.8. The van der Waals surface area contributed by atoms with E-state index in [1.54, 1.807) is 0 Å². The number of carbonyl (C=O) groups is 1. The molecule has 0 aromatic carbocycles. The first kappa shape index (κ1) is 14.8. The normalized spacial score (nSPS) is 33.4. The van der Waals surface area contributed by atoms with E-state index in [1.165, 1.54) is 19.3 Å². The molecule has 3 unspecified atom stereocenters. The third-order valence-corrected chi connectivity index (χ3v) is 5.08. The van der Waals surface area contributed by atoms with E-state index in [4.69, 9.17) is 0 Å². The fraction of sp³-hybridized carbons (Fsp3) is 0.933. The average Bonchev–Trinajstić information content (AvgIpc) is 2.41. The number of piperazine rings is 1. The third-order valence-electron chi connectivity index (χ3n) is 5.08. The molecule has 4 heteroatoms. The van der Waals surface area contributed by atoms with Gasteiger partial charge in [-0.2, -0.15) is 0 Å². The van der Waals surface area contributed by atoms with E-state index in [1.807, 2.05) is 4.90 Å². The highest BCUT2D eigenvalue weighted by atomic mass is 16.2. The smallest absolute Gasteiger partial charge is 0.236 e. The molecule has 1 aliphatic heterocycles. The Kier molecular flexibility index (Phi) is 5.22. The summed E-state index contributed by atoms with van der Waals surface area (Å²) in [5.41, 5.74) is 0. The van der Waals surface area contributed by atoms with Crippen LogP contribution in [0, 0.1) is 11.8 Å². The van der Waals surface area contributed by atoms with Crippen LogP contribution in [0.4, 0.5) is 0 Å². The highest BCUT2D eigenvalue weighted by Crippen LogP contribution is 2.29. The van der Waals surface area contributed by atoms with Crippen molar-refractivity contribution in [2.24, 2.45) is 11.8 Å². The molecule has 2 fully saturated rings. The number of amides is 1. The van der Waals surface area contributed by atoms with Gasteiger partial charge in [-0.25, -0.2) is 0 Å². The Bertz CT molecular complexity index is 300. The number of nitrogens with zero attached hydrogens (tertiary/aromatic N) is 2. The van der Waals surface area contributed by atoms with Gasteiger partial charge < -0.3 is 15.1 Å². The van der Waals surface area contributed by atoms with Crippen molar-refractivity contribution in [3.8, 4) is 0 Å².